The summed E-state index contributed by atoms with van der Waals surface area (Å²) in [6.07, 6.45) is 4.61. The molecule has 0 fully saturated rings. The van der Waals surface area contributed by atoms with E-state index in [-0.39, 0.29) is 5.82 Å². The molecule has 0 unspecified atom stereocenters. The van der Waals surface area contributed by atoms with Gasteiger partial charge in [-0.15, -0.1) is 0 Å². The van der Waals surface area contributed by atoms with E-state index in [2.05, 4.69) is 30.0 Å². The van der Waals surface area contributed by atoms with Gasteiger partial charge in [0.25, 0.3) is 0 Å². The number of carbonyl (C=O) groups is 1. The molecule has 2 heterocycles. The number of nitrogens with zero attached hydrogens (tertiary/aromatic N) is 4. The van der Waals surface area contributed by atoms with Gasteiger partial charge in [-0.3, -0.25) is 0 Å². The van der Waals surface area contributed by atoms with Crippen molar-refractivity contribution in [2.24, 2.45) is 0 Å². The van der Waals surface area contributed by atoms with Gasteiger partial charge in [0, 0.05) is 12.4 Å². The monoisotopic (exact) mass is 245 g/mol. The van der Waals surface area contributed by atoms with Gasteiger partial charge in [-0.1, -0.05) is 0 Å². The van der Waals surface area contributed by atoms with Gasteiger partial charge < -0.3 is 10.1 Å². The van der Waals surface area contributed by atoms with Gasteiger partial charge in [0.2, 0.25) is 5.82 Å². The Labute approximate surface area is 103 Å². The van der Waals surface area contributed by atoms with E-state index in [4.69, 9.17) is 0 Å². The fourth-order valence-electron chi connectivity index (χ4n) is 1.25. The second-order valence-electron chi connectivity index (χ2n) is 3.31. The Morgan fingerprint density at radius 3 is 2.94 bits per heavy atom. The van der Waals surface area contributed by atoms with Gasteiger partial charge >= 0.3 is 5.97 Å². The fraction of sp³-hybridized carbons (Fsp3) is 0.182. The number of hydrogen-bond acceptors (Lipinski definition) is 7. The smallest absolute Gasteiger partial charge is 0.376 e. The van der Waals surface area contributed by atoms with Crippen LogP contribution in [0.5, 0.6) is 0 Å². The van der Waals surface area contributed by atoms with Gasteiger partial charge in [0.15, 0.2) is 0 Å². The second-order valence-corrected chi connectivity index (χ2v) is 3.31. The molecule has 2 rings (SSSR count). The van der Waals surface area contributed by atoms with Gasteiger partial charge in [0.05, 0.1) is 19.3 Å². The van der Waals surface area contributed by atoms with Crippen molar-refractivity contribution < 1.29 is 9.53 Å². The van der Waals surface area contributed by atoms with E-state index >= 15 is 0 Å². The average molecular weight is 245 g/mol. The van der Waals surface area contributed by atoms with Crippen LogP contribution in [0.2, 0.25) is 0 Å². The zero-order chi connectivity index (χ0) is 12.8. The van der Waals surface area contributed by atoms with Crippen LogP contribution in [0.4, 0.5) is 5.82 Å². The molecule has 7 nitrogen and oxygen atoms in total. The number of esters is 1. The number of ether oxygens (including phenoxy) is 1. The van der Waals surface area contributed by atoms with E-state index < -0.39 is 5.97 Å². The predicted octanol–water partition coefficient (Wildman–Crippen LogP) is 0.665. The highest BCUT2D eigenvalue weighted by Gasteiger charge is 2.09. The van der Waals surface area contributed by atoms with Gasteiger partial charge in [-0.05, 0) is 12.1 Å². The van der Waals surface area contributed by atoms with Crippen LogP contribution >= 0.6 is 0 Å². The lowest BCUT2D eigenvalue weighted by atomic mass is 10.4. The third-order valence-electron chi connectivity index (χ3n) is 2.12. The second kappa shape index (κ2) is 5.67. The van der Waals surface area contributed by atoms with Crippen LogP contribution in [-0.4, -0.2) is 33.0 Å². The summed E-state index contributed by atoms with van der Waals surface area (Å²) in [5.74, 6) is -0.0186. The van der Waals surface area contributed by atoms with Crippen LogP contribution in [0.15, 0.2) is 30.9 Å². The number of hydrogen-bond donors (Lipinski definition) is 1. The van der Waals surface area contributed by atoms with Crippen LogP contribution < -0.4 is 5.32 Å². The molecular weight excluding hydrogens is 234 g/mol. The molecule has 0 saturated carbocycles. The maximum Gasteiger partial charge on any atom is 0.376 e. The lowest BCUT2D eigenvalue weighted by molar-refractivity contribution is 0.0587. The van der Waals surface area contributed by atoms with Gasteiger partial charge in [0.1, 0.15) is 12.1 Å². The quantitative estimate of drug-likeness (QED) is 0.791. The predicted molar refractivity (Wildman–Crippen MR) is 62.7 cm³/mol. The molecule has 0 amide bonds. The Hall–Kier alpha value is -2.57. The van der Waals surface area contributed by atoms with E-state index in [0.29, 0.717) is 12.4 Å². The molecule has 2 aromatic heterocycles. The van der Waals surface area contributed by atoms with Gasteiger partial charge in [-0.25, -0.2) is 24.7 Å². The first-order chi connectivity index (χ1) is 8.79. The summed E-state index contributed by atoms with van der Waals surface area (Å²) < 4.78 is 4.54. The summed E-state index contributed by atoms with van der Waals surface area (Å²) in [7, 11) is 1.28. The van der Waals surface area contributed by atoms with Crippen LogP contribution in [0.25, 0.3) is 0 Å². The Morgan fingerprint density at radius 2 is 2.22 bits per heavy atom. The molecule has 0 aliphatic carbocycles. The fourth-order valence-corrected chi connectivity index (χ4v) is 1.25. The minimum Gasteiger partial charge on any atom is -0.463 e. The largest absolute Gasteiger partial charge is 0.463 e. The SMILES string of the molecule is COC(=O)c1nccc(NCc2ccncn2)n1. The number of rotatable bonds is 4. The molecule has 92 valence electrons. The Bertz CT molecular complexity index is 532. The van der Waals surface area contributed by atoms with Crippen molar-refractivity contribution in [3.05, 3.63) is 42.4 Å². The molecule has 0 atom stereocenters. The standard InChI is InChI=1S/C11H11N5O2/c1-18-11(17)10-13-5-3-9(16-10)14-6-8-2-4-12-7-15-8/h2-5,7H,6H2,1H3,(H,13,14,16). The average Bonchev–Trinajstić information content (AvgIpc) is 2.45. The summed E-state index contributed by atoms with van der Waals surface area (Å²) in [4.78, 5) is 27.0. The van der Waals surface area contributed by atoms with E-state index in [1.807, 2.05) is 0 Å². The molecule has 0 aliphatic heterocycles. The maximum absolute atomic E-state index is 11.2. The summed E-state index contributed by atoms with van der Waals surface area (Å²) in [6, 6.07) is 3.45. The molecule has 0 bridgehead atoms. The highest BCUT2D eigenvalue weighted by atomic mass is 16.5. The van der Waals surface area contributed by atoms with E-state index in [0.717, 1.165) is 5.69 Å². The number of anilines is 1. The molecular formula is C11H11N5O2. The highest BCUT2D eigenvalue weighted by Crippen LogP contribution is 2.04. The molecule has 0 spiro atoms. The minimum atomic E-state index is -0.569. The van der Waals surface area contributed by atoms with Crippen molar-refractivity contribution in [3.8, 4) is 0 Å². The normalized spacial score (nSPS) is 9.83. The highest BCUT2D eigenvalue weighted by molar-refractivity contribution is 5.85. The molecule has 1 N–H and O–H groups in total. The molecule has 18 heavy (non-hydrogen) atoms. The van der Waals surface area contributed by atoms with Crippen molar-refractivity contribution >= 4 is 11.8 Å². The van der Waals surface area contributed by atoms with Crippen LogP contribution in [-0.2, 0) is 11.3 Å². The van der Waals surface area contributed by atoms with E-state index in [1.165, 1.54) is 19.6 Å². The van der Waals surface area contributed by atoms with E-state index in [1.54, 1.807) is 18.3 Å². The molecule has 0 radical (unpaired) electrons. The molecule has 0 aliphatic rings. The summed E-state index contributed by atoms with van der Waals surface area (Å²) in [5.41, 5.74) is 0.822. The Kier molecular flexibility index (Phi) is 3.75. The Morgan fingerprint density at radius 1 is 1.33 bits per heavy atom. The topological polar surface area (TPSA) is 89.9 Å². The summed E-state index contributed by atoms with van der Waals surface area (Å²) in [6.45, 7) is 0.486. The summed E-state index contributed by atoms with van der Waals surface area (Å²) in [5, 5.41) is 3.03. The van der Waals surface area contributed by atoms with E-state index in [9.17, 15) is 4.79 Å². The molecule has 0 saturated heterocycles. The lowest BCUT2D eigenvalue weighted by Gasteiger charge is -2.05. The zero-order valence-corrected chi connectivity index (χ0v) is 9.70. The Balaban J connectivity index is 2.04. The van der Waals surface area contributed by atoms with Gasteiger partial charge in [-0.2, -0.15) is 0 Å². The lowest BCUT2D eigenvalue weighted by Crippen LogP contribution is -2.10. The third-order valence-corrected chi connectivity index (χ3v) is 2.12. The minimum absolute atomic E-state index is 0.0187. The van der Waals surface area contributed by atoms with Crippen LogP contribution in [0.1, 0.15) is 16.3 Å². The number of aromatic nitrogens is 4. The van der Waals surface area contributed by atoms with Crippen molar-refractivity contribution in [1.29, 1.82) is 0 Å². The summed E-state index contributed by atoms with van der Waals surface area (Å²) >= 11 is 0. The number of nitrogens with one attached hydrogen (secondary N) is 1. The molecule has 7 heteroatoms. The molecule has 0 aromatic carbocycles. The number of carbonyl (C=O) groups excluding carboxylic acids is 1. The van der Waals surface area contributed by atoms with Crippen LogP contribution in [0.3, 0.4) is 0 Å². The van der Waals surface area contributed by atoms with Crippen molar-refractivity contribution in [2.75, 3.05) is 12.4 Å². The molecule has 2 aromatic rings. The number of methoxy groups -OCH3 is 1. The maximum atomic E-state index is 11.2. The first-order valence-electron chi connectivity index (χ1n) is 5.19. The third kappa shape index (κ3) is 2.97. The van der Waals surface area contributed by atoms with Crippen molar-refractivity contribution in [3.63, 3.8) is 0 Å². The zero-order valence-electron chi connectivity index (χ0n) is 9.70. The van der Waals surface area contributed by atoms with Crippen LogP contribution in [0, 0.1) is 0 Å². The van der Waals surface area contributed by atoms with Crippen molar-refractivity contribution in [2.45, 2.75) is 6.54 Å². The van der Waals surface area contributed by atoms with Crippen molar-refractivity contribution in [1.82, 2.24) is 19.9 Å². The first-order valence-corrected chi connectivity index (χ1v) is 5.19. The first kappa shape index (κ1) is 11.9.